The van der Waals surface area contributed by atoms with Crippen LogP contribution in [-0.4, -0.2) is 94.7 Å². The lowest BCUT2D eigenvalue weighted by atomic mass is 9.43. The lowest BCUT2D eigenvalue weighted by Crippen LogP contribution is -2.78. The van der Waals surface area contributed by atoms with E-state index in [4.69, 9.17) is 13.9 Å². The summed E-state index contributed by atoms with van der Waals surface area (Å²) in [6.07, 6.45) is -6.27. The number of nitrogens with one attached hydrogen (secondary N) is 1. The quantitative estimate of drug-likeness (QED) is 0.118. The van der Waals surface area contributed by atoms with E-state index in [1.807, 2.05) is 57.2 Å². The number of fused-ring (bicyclic) bond motifs is 5. The van der Waals surface area contributed by atoms with Crippen molar-refractivity contribution in [1.82, 2.24) is 5.32 Å². The molecule has 2 aromatic rings. The number of carbonyl (C=O) groups excluding carboxylic acids is 3. The minimum absolute atomic E-state index is 0.0115. The van der Waals surface area contributed by atoms with E-state index in [2.05, 4.69) is 5.32 Å². The number of ether oxygens (including phenoxy) is 2. The van der Waals surface area contributed by atoms with Crippen LogP contribution >= 0.6 is 0 Å². The van der Waals surface area contributed by atoms with Gasteiger partial charge < -0.3 is 39.6 Å². The zero-order chi connectivity index (χ0) is 40.3. The van der Waals surface area contributed by atoms with Crippen molar-refractivity contribution in [1.29, 1.82) is 0 Å². The second kappa shape index (κ2) is 14.9. The summed E-state index contributed by atoms with van der Waals surface area (Å²) in [6, 6.07) is 19.0. The molecular formula is C43H59NO10Si. The van der Waals surface area contributed by atoms with Crippen molar-refractivity contribution in [2.75, 3.05) is 6.61 Å². The molecule has 11 nitrogen and oxygen atoms in total. The van der Waals surface area contributed by atoms with E-state index >= 15 is 0 Å². The molecule has 3 fully saturated rings. The van der Waals surface area contributed by atoms with Crippen LogP contribution in [0.15, 0.2) is 71.8 Å². The van der Waals surface area contributed by atoms with Gasteiger partial charge in [-0.15, -0.1) is 0 Å². The number of ketones is 1. The van der Waals surface area contributed by atoms with Crippen LogP contribution < -0.4 is 5.32 Å². The van der Waals surface area contributed by atoms with Gasteiger partial charge in [0.05, 0.1) is 35.9 Å². The third kappa shape index (κ3) is 6.45. The van der Waals surface area contributed by atoms with Crippen molar-refractivity contribution in [3.8, 4) is 0 Å². The number of hydrogen-bond acceptors (Lipinski definition) is 10. The average molecular weight is 778 g/mol. The first kappa shape index (κ1) is 41.4. The van der Waals surface area contributed by atoms with Crippen molar-refractivity contribution in [2.24, 2.45) is 22.7 Å². The number of hydrogen-bond donors (Lipinski definition) is 5. The third-order valence-corrected chi connectivity index (χ3v) is 19.1. The Labute approximate surface area is 325 Å². The second-order valence-electron chi connectivity index (χ2n) is 17.1. The largest absolute Gasteiger partial charge is 0.456 e. The minimum atomic E-state index is -2.57. The van der Waals surface area contributed by atoms with Gasteiger partial charge in [0.1, 0.15) is 17.8 Å². The lowest BCUT2D eigenvalue weighted by Gasteiger charge is -2.67. The van der Waals surface area contributed by atoms with E-state index in [0.717, 1.165) is 0 Å². The lowest BCUT2D eigenvalue weighted by molar-refractivity contribution is -0.335. The Hall–Kier alpha value is -3.23. The molecule has 0 spiro atoms. The fraction of sp³-hybridized carbons (Fsp3) is 0.605. The highest BCUT2D eigenvalue weighted by Crippen LogP contribution is 2.64. The molecule has 0 radical (unpaired) electrons. The summed E-state index contributed by atoms with van der Waals surface area (Å²) in [7, 11) is -2.57. The molecule has 2 saturated carbocycles. The van der Waals surface area contributed by atoms with Gasteiger partial charge in [0.2, 0.25) is 0 Å². The van der Waals surface area contributed by atoms with E-state index in [-0.39, 0.29) is 25.0 Å². The van der Waals surface area contributed by atoms with Gasteiger partial charge in [-0.25, -0.2) is 4.79 Å². The van der Waals surface area contributed by atoms with Gasteiger partial charge in [0, 0.05) is 29.7 Å². The number of Topliss-reactive ketones (excluding diaryl/α,β-unsaturated/α-hetero) is 1. The van der Waals surface area contributed by atoms with E-state index in [1.54, 1.807) is 58.9 Å². The first-order valence-corrected chi connectivity index (χ1v) is 22.4. The van der Waals surface area contributed by atoms with Gasteiger partial charge in [-0.3, -0.25) is 9.59 Å². The van der Waals surface area contributed by atoms with E-state index < -0.39 is 96.4 Å². The van der Waals surface area contributed by atoms with E-state index in [1.165, 1.54) is 0 Å². The number of carbonyl (C=O) groups is 3. The van der Waals surface area contributed by atoms with Gasteiger partial charge in [0.15, 0.2) is 20.2 Å². The number of esters is 1. The molecule has 2 bridgehead atoms. The summed E-state index contributed by atoms with van der Waals surface area (Å²) in [5.74, 6) is -3.65. The molecule has 3 aliphatic carbocycles. The van der Waals surface area contributed by atoms with Crippen LogP contribution in [0.3, 0.4) is 0 Å². The Morgan fingerprint density at radius 3 is 2.09 bits per heavy atom. The Kier molecular flexibility index (Phi) is 11.2. The zero-order valence-electron chi connectivity index (χ0n) is 33.4. The number of aliphatic hydroxyl groups is 4. The molecule has 1 amide bonds. The highest BCUT2D eigenvalue weighted by atomic mass is 28.4. The maximum Gasteiger partial charge on any atom is 0.337 e. The van der Waals surface area contributed by atoms with E-state index in [0.29, 0.717) is 34.8 Å². The standard InChI is InChI=1S/C43H59NO10Si/c1-9-55(10-2,11-3)54-35(33(27-18-14-12-15-19-27)44-38(48)28-20-16-13-17-21-28)39(49)53-29-23-43(51)26(5)36-41(8,30(45)22-31-42(36,50)24-52-31)37(47)34(46)32(25(29)4)40(43,6)7/h12-21,26,29-31,33-36,45-46,50-51H,9-11,22-24H2,1-8H3,(H,44,48)/t26?,29?,30?,31?,33?,34?,35?,36?,41-,42+,43?/m1/s1. The predicted octanol–water partition coefficient (Wildman–Crippen LogP) is 5.03. The molecule has 5 N–H and O–H groups in total. The molecule has 12 heteroatoms. The zero-order valence-corrected chi connectivity index (χ0v) is 34.4. The van der Waals surface area contributed by atoms with Gasteiger partial charge >= 0.3 is 5.97 Å². The monoisotopic (exact) mass is 777 g/mol. The molecule has 55 heavy (non-hydrogen) atoms. The fourth-order valence-corrected chi connectivity index (χ4v) is 13.4. The van der Waals surface area contributed by atoms with Crippen molar-refractivity contribution in [3.63, 3.8) is 0 Å². The number of amides is 1. The van der Waals surface area contributed by atoms with Crippen molar-refractivity contribution >= 4 is 26.0 Å². The van der Waals surface area contributed by atoms with Gasteiger partial charge in [-0.2, -0.15) is 0 Å². The van der Waals surface area contributed by atoms with Crippen LogP contribution in [-0.2, 0) is 23.5 Å². The molecular weight excluding hydrogens is 719 g/mol. The number of aliphatic hydroxyl groups excluding tert-OH is 2. The Morgan fingerprint density at radius 2 is 1.55 bits per heavy atom. The molecule has 1 heterocycles. The maximum absolute atomic E-state index is 15.0. The highest BCUT2D eigenvalue weighted by Gasteiger charge is 2.74. The van der Waals surface area contributed by atoms with E-state index in [9.17, 15) is 34.8 Å². The first-order valence-electron chi connectivity index (χ1n) is 19.8. The van der Waals surface area contributed by atoms with Crippen molar-refractivity contribution in [2.45, 2.75) is 134 Å². The van der Waals surface area contributed by atoms with Crippen molar-refractivity contribution < 1.29 is 48.7 Å². The highest BCUT2D eigenvalue weighted by molar-refractivity contribution is 6.73. The van der Waals surface area contributed by atoms with Crippen molar-refractivity contribution in [3.05, 3.63) is 82.9 Å². The summed E-state index contributed by atoms with van der Waals surface area (Å²) < 4.78 is 19.1. The summed E-state index contributed by atoms with van der Waals surface area (Å²) in [6.45, 7) is 14.6. The molecule has 1 aliphatic heterocycles. The SMILES string of the molecule is CC[Si](CC)(CC)OC(C(=O)OC1CC2(O)C(C)C3[C@]4(O)COC4CC(O)[C@@]3(C)C(=O)C(O)C(=C1C)C2(C)C)C(NC(=O)c1ccccc1)c1ccccc1. The van der Waals surface area contributed by atoms with Crippen LogP contribution in [0.1, 0.15) is 90.2 Å². The van der Waals surface area contributed by atoms with Gasteiger partial charge in [-0.1, -0.05) is 90.1 Å². The number of rotatable bonds is 11. The summed E-state index contributed by atoms with van der Waals surface area (Å²) in [4.78, 5) is 43.3. The molecule has 4 aliphatic rings. The summed E-state index contributed by atoms with van der Waals surface area (Å²) >= 11 is 0. The van der Waals surface area contributed by atoms with Crippen LogP contribution in [0, 0.1) is 22.7 Å². The smallest absolute Gasteiger partial charge is 0.337 e. The molecule has 0 aromatic heterocycles. The van der Waals surface area contributed by atoms with Gasteiger partial charge in [0.25, 0.3) is 5.91 Å². The topological polar surface area (TPSA) is 172 Å². The Balaban J connectivity index is 1.45. The summed E-state index contributed by atoms with van der Waals surface area (Å²) in [5, 5.41) is 51.9. The Bertz CT molecular complexity index is 1790. The molecule has 2 aromatic carbocycles. The summed E-state index contributed by atoms with van der Waals surface area (Å²) in [5.41, 5.74) is -4.45. The normalized spacial score (nSPS) is 35.2. The van der Waals surface area contributed by atoms with Crippen LogP contribution in [0.25, 0.3) is 0 Å². The molecule has 300 valence electrons. The molecule has 11 atom stereocenters. The molecule has 9 unspecified atom stereocenters. The average Bonchev–Trinajstić information content (AvgIpc) is 3.17. The third-order valence-electron chi connectivity index (χ3n) is 14.4. The Morgan fingerprint density at radius 1 is 0.964 bits per heavy atom. The minimum Gasteiger partial charge on any atom is -0.456 e. The second-order valence-corrected chi connectivity index (χ2v) is 21.9. The number of benzene rings is 2. The predicted molar refractivity (Wildman–Crippen MR) is 208 cm³/mol. The first-order chi connectivity index (χ1) is 25.9. The molecule has 1 saturated heterocycles. The fourth-order valence-electron chi connectivity index (χ4n) is 10.6. The van der Waals surface area contributed by atoms with Crippen LogP contribution in [0.5, 0.6) is 0 Å². The maximum atomic E-state index is 15.0. The van der Waals surface area contributed by atoms with Gasteiger partial charge in [-0.05, 0) is 66.7 Å². The van der Waals surface area contributed by atoms with Crippen LogP contribution in [0.4, 0.5) is 0 Å². The van der Waals surface area contributed by atoms with Crippen LogP contribution in [0.2, 0.25) is 18.1 Å². The molecule has 6 rings (SSSR count).